The molecule has 0 radical (unpaired) electrons. The Kier molecular flexibility index (Phi) is 5.38. The van der Waals surface area contributed by atoms with Crippen LogP contribution in [0.2, 0.25) is 0 Å². The van der Waals surface area contributed by atoms with Crippen molar-refractivity contribution in [3.8, 4) is 5.75 Å². The van der Waals surface area contributed by atoms with Gasteiger partial charge >= 0.3 is 0 Å². The molecule has 2 rings (SSSR count). The summed E-state index contributed by atoms with van der Waals surface area (Å²) in [5, 5.41) is 8.00. The van der Waals surface area contributed by atoms with E-state index in [1.807, 2.05) is 0 Å². The highest BCUT2D eigenvalue weighted by Gasteiger charge is 2.20. The first-order chi connectivity index (χ1) is 10.4. The maximum atomic E-state index is 12.4. The van der Waals surface area contributed by atoms with E-state index in [9.17, 15) is 13.2 Å². The molecule has 1 aliphatic rings. The van der Waals surface area contributed by atoms with Crippen molar-refractivity contribution in [1.82, 2.24) is 5.32 Å². The number of ether oxygens (including phenoxy) is 2. The van der Waals surface area contributed by atoms with Crippen molar-refractivity contribution in [2.75, 3.05) is 20.3 Å². The Labute approximate surface area is 129 Å². The topological polar surface area (TPSA) is 108 Å². The number of rotatable bonds is 4. The molecule has 1 aromatic rings. The second-order valence-corrected chi connectivity index (χ2v) is 6.68. The van der Waals surface area contributed by atoms with Gasteiger partial charge in [0.05, 0.1) is 17.6 Å². The monoisotopic (exact) mass is 328 g/mol. The first-order valence-corrected chi connectivity index (χ1v) is 8.56. The van der Waals surface area contributed by atoms with Crippen molar-refractivity contribution in [2.45, 2.75) is 30.2 Å². The quantitative estimate of drug-likeness (QED) is 0.843. The summed E-state index contributed by atoms with van der Waals surface area (Å²) in [6.07, 6.45) is 2.42. The Balaban J connectivity index is 2.23. The second-order valence-electron chi connectivity index (χ2n) is 5.12. The first kappa shape index (κ1) is 16.7. The number of carbonyl (C=O) groups excluding carboxylic acids is 1. The summed E-state index contributed by atoms with van der Waals surface area (Å²) >= 11 is 0. The fraction of sp³-hybridized carbons (Fsp3) is 0.500. The lowest BCUT2D eigenvalue weighted by Crippen LogP contribution is -2.35. The minimum absolute atomic E-state index is 0.00199. The third kappa shape index (κ3) is 4.19. The molecule has 122 valence electrons. The molecular weight excluding hydrogens is 308 g/mol. The van der Waals surface area contributed by atoms with Gasteiger partial charge in [0, 0.05) is 19.3 Å². The van der Waals surface area contributed by atoms with Crippen LogP contribution in [0.5, 0.6) is 5.75 Å². The van der Waals surface area contributed by atoms with Crippen LogP contribution in [0.15, 0.2) is 23.1 Å². The molecule has 0 saturated carbocycles. The smallest absolute Gasteiger partial charge is 0.255 e. The third-order valence-corrected chi connectivity index (χ3v) is 4.44. The molecule has 0 bridgehead atoms. The van der Waals surface area contributed by atoms with Crippen LogP contribution in [0.25, 0.3) is 0 Å². The zero-order valence-corrected chi connectivity index (χ0v) is 13.2. The Morgan fingerprint density at radius 1 is 1.36 bits per heavy atom. The summed E-state index contributed by atoms with van der Waals surface area (Å²) in [6.45, 7) is 1.29. The Bertz CT molecular complexity index is 637. The van der Waals surface area contributed by atoms with Crippen LogP contribution in [-0.2, 0) is 14.8 Å². The highest BCUT2D eigenvalue weighted by molar-refractivity contribution is 7.89. The highest BCUT2D eigenvalue weighted by Crippen LogP contribution is 2.22. The second kappa shape index (κ2) is 7.08. The zero-order valence-electron chi connectivity index (χ0n) is 12.4. The van der Waals surface area contributed by atoms with Crippen LogP contribution in [0.1, 0.15) is 29.6 Å². The molecule has 1 atom stereocenters. The molecular formula is C14H20N2O5S. The van der Waals surface area contributed by atoms with Gasteiger partial charge in [-0.1, -0.05) is 0 Å². The standard InChI is InChI=1S/C14H20N2O5S/c1-20-13-5-4-11(22(15,18)19)9-12(13)14(17)16-10-3-2-7-21-8-6-10/h4-5,9-10H,2-3,6-8H2,1H3,(H,16,17)(H2,15,18,19). The lowest BCUT2D eigenvalue weighted by Gasteiger charge is -2.17. The molecule has 1 heterocycles. The molecule has 1 unspecified atom stereocenters. The molecule has 1 aromatic carbocycles. The van der Waals surface area contributed by atoms with Crippen molar-refractivity contribution < 1.29 is 22.7 Å². The molecule has 3 N–H and O–H groups in total. The largest absolute Gasteiger partial charge is 0.496 e. The molecule has 1 fully saturated rings. The van der Waals surface area contributed by atoms with Gasteiger partial charge in [-0.3, -0.25) is 4.79 Å². The zero-order chi connectivity index (χ0) is 16.2. The van der Waals surface area contributed by atoms with E-state index in [2.05, 4.69) is 5.32 Å². The number of methoxy groups -OCH3 is 1. The Morgan fingerprint density at radius 2 is 2.14 bits per heavy atom. The van der Waals surface area contributed by atoms with E-state index in [1.54, 1.807) is 0 Å². The van der Waals surface area contributed by atoms with Gasteiger partial charge in [0.15, 0.2) is 0 Å². The van der Waals surface area contributed by atoms with Gasteiger partial charge in [-0.05, 0) is 37.5 Å². The van der Waals surface area contributed by atoms with Gasteiger partial charge in [0.1, 0.15) is 5.75 Å². The Hall–Kier alpha value is -1.64. The number of sulfonamides is 1. The van der Waals surface area contributed by atoms with Crippen molar-refractivity contribution in [2.24, 2.45) is 5.14 Å². The van der Waals surface area contributed by atoms with Crippen LogP contribution in [0.3, 0.4) is 0 Å². The van der Waals surface area contributed by atoms with Gasteiger partial charge in [0.2, 0.25) is 10.0 Å². The molecule has 1 amide bonds. The van der Waals surface area contributed by atoms with E-state index < -0.39 is 10.0 Å². The molecule has 0 spiro atoms. The molecule has 22 heavy (non-hydrogen) atoms. The molecule has 1 aliphatic heterocycles. The van der Waals surface area contributed by atoms with E-state index in [4.69, 9.17) is 14.6 Å². The number of benzene rings is 1. The molecule has 1 saturated heterocycles. The number of amides is 1. The molecule has 0 aromatic heterocycles. The minimum Gasteiger partial charge on any atom is -0.496 e. The summed E-state index contributed by atoms with van der Waals surface area (Å²) in [7, 11) is -2.46. The van der Waals surface area contributed by atoms with E-state index in [0.717, 1.165) is 19.3 Å². The van der Waals surface area contributed by atoms with E-state index in [-0.39, 0.29) is 22.4 Å². The van der Waals surface area contributed by atoms with E-state index >= 15 is 0 Å². The van der Waals surface area contributed by atoms with Crippen LogP contribution in [0, 0.1) is 0 Å². The van der Waals surface area contributed by atoms with Gasteiger partial charge in [-0.25, -0.2) is 13.6 Å². The fourth-order valence-electron chi connectivity index (χ4n) is 2.35. The maximum Gasteiger partial charge on any atom is 0.255 e. The molecule has 8 heteroatoms. The number of primary sulfonamides is 1. The summed E-state index contributed by atoms with van der Waals surface area (Å²) in [6, 6.07) is 3.96. The van der Waals surface area contributed by atoms with Crippen molar-refractivity contribution in [1.29, 1.82) is 0 Å². The lowest BCUT2D eigenvalue weighted by molar-refractivity contribution is 0.0926. The Morgan fingerprint density at radius 3 is 2.82 bits per heavy atom. The third-order valence-electron chi connectivity index (χ3n) is 3.53. The minimum atomic E-state index is -3.88. The average Bonchev–Trinajstić information content (AvgIpc) is 2.74. The van der Waals surface area contributed by atoms with Crippen molar-refractivity contribution in [3.05, 3.63) is 23.8 Å². The van der Waals surface area contributed by atoms with Gasteiger partial charge in [-0.2, -0.15) is 0 Å². The van der Waals surface area contributed by atoms with Crippen LogP contribution in [0.4, 0.5) is 0 Å². The predicted octanol–water partition coefficient (Wildman–Crippen LogP) is 0.641. The number of hydrogen-bond donors (Lipinski definition) is 2. The summed E-state index contributed by atoms with van der Waals surface area (Å²) < 4.78 is 33.3. The summed E-state index contributed by atoms with van der Waals surface area (Å²) in [5.74, 6) is -0.0796. The van der Waals surface area contributed by atoms with Crippen LogP contribution >= 0.6 is 0 Å². The predicted molar refractivity (Wildman–Crippen MR) is 80.3 cm³/mol. The van der Waals surface area contributed by atoms with Crippen molar-refractivity contribution >= 4 is 15.9 Å². The van der Waals surface area contributed by atoms with Crippen LogP contribution < -0.4 is 15.2 Å². The molecule has 7 nitrogen and oxygen atoms in total. The highest BCUT2D eigenvalue weighted by atomic mass is 32.2. The number of nitrogens with one attached hydrogen (secondary N) is 1. The van der Waals surface area contributed by atoms with Crippen molar-refractivity contribution in [3.63, 3.8) is 0 Å². The van der Waals surface area contributed by atoms with E-state index in [1.165, 1.54) is 25.3 Å². The number of hydrogen-bond acceptors (Lipinski definition) is 5. The van der Waals surface area contributed by atoms with Crippen LogP contribution in [-0.4, -0.2) is 40.7 Å². The SMILES string of the molecule is COc1ccc(S(N)(=O)=O)cc1C(=O)NC1CCCOCC1. The number of carbonyl (C=O) groups is 1. The molecule has 0 aliphatic carbocycles. The lowest BCUT2D eigenvalue weighted by atomic mass is 10.1. The first-order valence-electron chi connectivity index (χ1n) is 7.01. The summed E-state index contributed by atoms with van der Waals surface area (Å²) in [5.41, 5.74) is 0.152. The van der Waals surface area contributed by atoms with Gasteiger partial charge < -0.3 is 14.8 Å². The average molecular weight is 328 g/mol. The van der Waals surface area contributed by atoms with Gasteiger partial charge in [-0.15, -0.1) is 0 Å². The fourth-order valence-corrected chi connectivity index (χ4v) is 2.89. The number of nitrogens with two attached hydrogens (primary N) is 1. The normalized spacial score (nSPS) is 19.3. The van der Waals surface area contributed by atoms with E-state index in [0.29, 0.717) is 19.0 Å². The maximum absolute atomic E-state index is 12.4. The summed E-state index contributed by atoms with van der Waals surface area (Å²) in [4.78, 5) is 12.3. The van der Waals surface area contributed by atoms with Gasteiger partial charge in [0.25, 0.3) is 5.91 Å².